The molecule has 0 spiro atoms. The van der Waals surface area contributed by atoms with Crippen molar-refractivity contribution in [3.63, 3.8) is 0 Å². The normalized spacial score (nSPS) is 14.3. The highest BCUT2D eigenvalue weighted by atomic mass is 32.2. The van der Waals surface area contributed by atoms with Crippen LogP contribution >= 0.6 is 0 Å². The first-order valence-corrected chi connectivity index (χ1v) is 10.4. The van der Waals surface area contributed by atoms with Crippen LogP contribution < -0.4 is 19.5 Å². The molecule has 0 bridgehead atoms. The topological polar surface area (TPSA) is 93.7 Å². The minimum absolute atomic E-state index is 0.265. The standard InChI is InChI=1S/C19H22N2O5S/c1-12-15(5-4-6-16(12)21-27(3,23)24)19(22)20-13(2)14-7-8-17-18(11-14)26-10-9-25-17/h4-8,11,13,21H,9-10H2,1-3H3,(H,20,22)/t13-/m0/s1. The molecule has 1 heterocycles. The first-order valence-electron chi connectivity index (χ1n) is 8.52. The van der Waals surface area contributed by atoms with Gasteiger partial charge >= 0.3 is 0 Å². The summed E-state index contributed by atoms with van der Waals surface area (Å²) in [5, 5.41) is 2.94. The second-order valence-electron chi connectivity index (χ2n) is 6.45. The molecule has 0 aromatic heterocycles. The fourth-order valence-corrected chi connectivity index (χ4v) is 3.50. The van der Waals surface area contributed by atoms with Gasteiger partial charge in [-0.1, -0.05) is 12.1 Å². The van der Waals surface area contributed by atoms with Crippen molar-refractivity contribution in [2.45, 2.75) is 19.9 Å². The van der Waals surface area contributed by atoms with Crippen LogP contribution in [0, 0.1) is 6.92 Å². The van der Waals surface area contributed by atoms with E-state index in [1.165, 1.54) is 0 Å². The first kappa shape index (κ1) is 19.0. The van der Waals surface area contributed by atoms with E-state index >= 15 is 0 Å². The SMILES string of the molecule is Cc1c(NS(C)(=O)=O)cccc1C(=O)N[C@@H](C)c1ccc2c(c1)OCCO2. The van der Waals surface area contributed by atoms with Crippen LogP contribution in [0.1, 0.15) is 34.5 Å². The number of amides is 1. The van der Waals surface area contributed by atoms with Crippen molar-refractivity contribution >= 4 is 21.6 Å². The number of fused-ring (bicyclic) bond motifs is 1. The van der Waals surface area contributed by atoms with Crippen molar-refractivity contribution in [1.29, 1.82) is 0 Å². The molecule has 2 aromatic rings. The lowest BCUT2D eigenvalue weighted by Crippen LogP contribution is -2.27. The number of nitrogens with one attached hydrogen (secondary N) is 2. The Balaban J connectivity index is 1.78. The van der Waals surface area contributed by atoms with Crippen molar-refractivity contribution in [1.82, 2.24) is 5.32 Å². The highest BCUT2D eigenvalue weighted by Gasteiger charge is 2.18. The van der Waals surface area contributed by atoms with Crippen LogP contribution in [0.2, 0.25) is 0 Å². The van der Waals surface area contributed by atoms with E-state index in [0.717, 1.165) is 11.8 Å². The molecular formula is C19H22N2O5S. The van der Waals surface area contributed by atoms with Crippen molar-refractivity contribution in [3.05, 3.63) is 53.1 Å². The van der Waals surface area contributed by atoms with Crippen molar-refractivity contribution < 1.29 is 22.7 Å². The molecule has 1 amide bonds. The van der Waals surface area contributed by atoms with Gasteiger partial charge < -0.3 is 14.8 Å². The zero-order valence-corrected chi connectivity index (χ0v) is 16.2. The molecular weight excluding hydrogens is 368 g/mol. The van der Waals surface area contributed by atoms with Crippen LogP contribution in [0.15, 0.2) is 36.4 Å². The van der Waals surface area contributed by atoms with Gasteiger partial charge in [0.05, 0.1) is 18.0 Å². The number of hydrogen-bond acceptors (Lipinski definition) is 5. The van der Waals surface area contributed by atoms with E-state index in [-0.39, 0.29) is 11.9 Å². The lowest BCUT2D eigenvalue weighted by molar-refractivity contribution is 0.0939. The molecule has 0 saturated heterocycles. The molecule has 0 unspecified atom stereocenters. The summed E-state index contributed by atoms with van der Waals surface area (Å²) in [5.41, 5.74) is 2.25. The molecule has 1 aliphatic heterocycles. The second-order valence-corrected chi connectivity index (χ2v) is 8.20. The Morgan fingerprint density at radius 2 is 1.81 bits per heavy atom. The van der Waals surface area contributed by atoms with Gasteiger partial charge in [0.15, 0.2) is 11.5 Å². The summed E-state index contributed by atoms with van der Waals surface area (Å²) in [7, 11) is -3.42. The van der Waals surface area contributed by atoms with Gasteiger partial charge in [-0.05, 0) is 49.2 Å². The van der Waals surface area contributed by atoms with Gasteiger partial charge in [-0.2, -0.15) is 0 Å². The van der Waals surface area contributed by atoms with Gasteiger partial charge in [0.25, 0.3) is 5.91 Å². The Labute approximate surface area is 158 Å². The largest absolute Gasteiger partial charge is 0.486 e. The van der Waals surface area contributed by atoms with E-state index in [9.17, 15) is 13.2 Å². The summed E-state index contributed by atoms with van der Waals surface area (Å²) in [5.74, 6) is 1.07. The lowest BCUT2D eigenvalue weighted by Gasteiger charge is -2.21. The highest BCUT2D eigenvalue weighted by molar-refractivity contribution is 7.92. The van der Waals surface area contributed by atoms with Crippen molar-refractivity contribution in [2.75, 3.05) is 24.2 Å². The number of hydrogen-bond donors (Lipinski definition) is 2. The molecule has 0 radical (unpaired) electrons. The summed E-state index contributed by atoms with van der Waals surface area (Å²) < 4.78 is 36.5. The Morgan fingerprint density at radius 1 is 1.11 bits per heavy atom. The number of benzene rings is 2. The van der Waals surface area contributed by atoms with Crippen LogP contribution in [0.5, 0.6) is 11.5 Å². The quantitative estimate of drug-likeness (QED) is 0.819. The third-order valence-corrected chi connectivity index (χ3v) is 4.88. The van der Waals surface area contributed by atoms with Crippen LogP contribution in [0.4, 0.5) is 5.69 Å². The molecule has 0 fully saturated rings. The van der Waals surface area contributed by atoms with E-state index in [1.807, 2.05) is 25.1 Å². The molecule has 8 heteroatoms. The highest BCUT2D eigenvalue weighted by Crippen LogP contribution is 2.32. The third-order valence-electron chi connectivity index (χ3n) is 4.29. The van der Waals surface area contributed by atoms with Crippen LogP contribution in [-0.4, -0.2) is 33.8 Å². The molecule has 3 rings (SSSR count). The third kappa shape index (κ3) is 4.51. The molecule has 7 nitrogen and oxygen atoms in total. The molecule has 2 aromatic carbocycles. The lowest BCUT2D eigenvalue weighted by atomic mass is 10.0. The Hall–Kier alpha value is -2.74. The Bertz CT molecular complexity index is 972. The number of sulfonamides is 1. The summed E-state index contributed by atoms with van der Waals surface area (Å²) in [6.07, 6.45) is 1.07. The minimum atomic E-state index is -3.42. The first-order chi connectivity index (χ1) is 12.7. The summed E-state index contributed by atoms with van der Waals surface area (Å²) >= 11 is 0. The maximum atomic E-state index is 12.7. The maximum Gasteiger partial charge on any atom is 0.252 e. The molecule has 27 heavy (non-hydrogen) atoms. The van der Waals surface area contributed by atoms with E-state index < -0.39 is 10.0 Å². The fraction of sp³-hybridized carbons (Fsp3) is 0.316. The number of carbonyl (C=O) groups excluding carboxylic acids is 1. The molecule has 0 aliphatic carbocycles. The Morgan fingerprint density at radius 3 is 2.52 bits per heavy atom. The summed E-state index contributed by atoms with van der Waals surface area (Å²) in [4.78, 5) is 12.7. The number of anilines is 1. The minimum Gasteiger partial charge on any atom is -0.486 e. The predicted octanol–water partition coefficient (Wildman–Crippen LogP) is 2.63. The van der Waals surface area contributed by atoms with E-state index in [4.69, 9.17) is 9.47 Å². The van der Waals surface area contributed by atoms with Crippen LogP contribution in [-0.2, 0) is 10.0 Å². The van der Waals surface area contributed by atoms with Gasteiger partial charge in [-0.3, -0.25) is 9.52 Å². The van der Waals surface area contributed by atoms with E-state index in [2.05, 4.69) is 10.0 Å². The molecule has 2 N–H and O–H groups in total. The number of rotatable bonds is 5. The van der Waals surface area contributed by atoms with Gasteiger partial charge in [-0.15, -0.1) is 0 Å². The van der Waals surface area contributed by atoms with Crippen LogP contribution in [0.25, 0.3) is 0 Å². The van der Waals surface area contributed by atoms with Crippen molar-refractivity contribution in [2.24, 2.45) is 0 Å². The average molecular weight is 390 g/mol. The second kappa shape index (κ2) is 7.48. The predicted molar refractivity (Wildman–Crippen MR) is 103 cm³/mol. The summed E-state index contributed by atoms with van der Waals surface area (Å²) in [6, 6.07) is 10.2. The van der Waals surface area contributed by atoms with Crippen LogP contribution in [0.3, 0.4) is 0 Å². The smallest absolute Gasteiger partial charge is 0.252 e. The monoisotopic (exact) mass is 390 g/mol. The number of carbonyl (C=O) groups is 1. The molecule has 1 atom stereocenters. The maximum absolute atomic E-state index is 12.7. The van der Waals surface area contributed by atoms with E-state index in [1.54, 1.807) is 25.1 Å². The molecule has 0 saturated carbocycles. The summed E-state index contributed by atoms with van der Waals surface area (Å²) in [6.45, 7) is 4.60. The zero-order chi connectivity index (χ0) is 19.6. The number of ether oxygens (including phenoxy) is 2. The molecule has 1 aliphatic rings. The van der Waals surface area contributed by atoms with Crippen molar-refractivity contribution in [3.8, 4) is 11.5 Å². The van der Waals surface area contributed by atoms with Gasteiger partial charge in [0, 0.05) is 5.56 Å². The van der Waals surface area contributed by atoms with E-state index in [0.29, 0.717) is 41.5 Å². The Kier molecular flexibility index (Phi) is 5.27. The van der Waals surface area contributed by atoms with Gasteiger partial charge in [-0.25, -0.2) is 8.42 Å². The van der Waals surface area contributed by atoms with Gasteiger partial charge in [0.1, 0.15) is 13.2 Å². The fourth-order valence-electron chi connectivity index (χ4n) is 2.88. The average Bonchev–Trinajstić information content (AvgIpc) is 2.61. The zero-order valence-electron chi connectivity index (χ0n) is 15.4. The molecule has 144 valence electrons. The van der Waals surface area contributed by atoms with Gasteiger partial charge in [0.2, 0.25) is 10.0 Å².